The lowest BCUT2D eigenvalue weighted by atomic mass is 10.0. The molecule has 1 aromatic heterocycles. The highest BCUT2D eigenvalue weighted by Crippen LogP contribution is 2.19. The molecule has 0 saturated heterocycles. The lowest BCUT2D eigenvalue weighted by Gasteiger charge is -2.25. The Bertz CT molecular complexity index is 1170. The normalized spacial score (nSPS) is 15.0. The molecule has 0 saturated carbocycles. The van der Waals surface area contributed by atoms with Crippen LogP contribution in [0.25, 0.3) is 10.9 Å². The third-order valence-electron chi connectivity index (χ3n) is 6.06. The van der Waals surface area contributed by atoms with Crippen molar-refractivity contribution in [3.8, 4) is 0 Å². The maximum atomic E-state index is 13.3. The summed E-state index contributed by atoms with van der Waals surface area (Å²) in [4.78, 5) is 64.9. The SMILES string of the molecule is CSCCC(NC(=O)C(Cc1c[nH]c2ccccc12)NC(=O)C(CCC(=O)O)NC(=O)C(N)C(C)O)C(=O)O. The van der Waals surface area contributed by atoms with Crippen LogP contribution in [0.1, 0.15) is 31.7 Å². The highest BCUT2D eigenvalue weighted by molar-refractivity contribution is 7.98. The summed E-state index contributed by atoms with van der Waals surface area (Å²) in [7, 11) is 0. The molecule has 14 heteroatoms. The van der Waals surface area contributed by atoms with Gasteiger partial charge in [-0.25, -0.2) is 4.79 Å². The van der Waals surface area contributed by atoms with Gasteiger partial charge in [0.05, 0.1) is 6.10 Å². The van der Waals surface area contributed by atoms with Gasteiger partial charge >= 0.3 is 11.9 Å². The fraction of sp³-hybridized carbons (Fsp3) is 0.480. The van der Waals surface area contributed by atoms with E-state index in [0.29, 0.717) is 11.3 Å². The van der Waals surface area contributed by atoms with Crippen LogP contribution in [0, 0.1) is 0 Å². The largest absolute Gasteiger partial charge is 0.481 e. The van der Waals surface area contributed by atoms with Gasteiger partial charge in [-0.3, -0.25) is 19.2 Å². The molecule has 0 spiro atoms. The molecule has 0 aliphatic carbocycles. The number of carboxylic acids is 2. The maximum Gasteiger partial charge on any atom is 0.326 e. The van der Waals surface area contributed by atoms with Crippen molar-refractivity contribution in [1.29, 1.82) is 0 Å². The van der Waals surface area contributed by atoms with Gasteiger partial charge in [0.15, 0.2) is 0 Å². The van der Waals surface area contributed by atoms with Crippen molar-refractivity contribution in [2.45, 2.75) is 62.9 Å². The number of H-pyrrole nitrogens is 1. The number of amides is 3. The van der Waals surface area contributed by atoms with E-state index in [1.807, 2.05) is 18.2 Å². The van der Waals surface area contributed by atoms with Gasteiger partial charge < -0.3 is 42.0 Å². The van der Waals surface area contributed by atoms with Crippen molar-refractivity contribution < 1.29 is 39.3 Å². The first-order chi connectivity index (χ1) is 18.4. The number of hydrogen-bond donors (Lipinski definition) is 8. The molecule has 5 unspecified atom stereocenters. The Labute approximate surface area is 229 Å². The van der Waals surface area contributed by atoms with Crippen LogP contribution in [0.4, 0.5) is 0 Å². The van der Waals surface area contributed by atoms with Crippen molar-refractivity contribution in [3.63, 3.8) is 0 Å². The van der Waals surface area contributed by atoms with E-state index in [4.69, 9.17) is 10.8 Å². The van der Waals surface area contributed by atoms with Gasteiger partial charge in [0.1, 0.15) is 24.2 Å². The number of aliphatic hydroxyl groups is 1. The Morgan fingerprint density at radius 2 is 1.56 bits per heavy atom. The van der Waals surface area contributed by atoms with Crippen LogP contribution < -0.4 is 21.7 Å². The fourth-order valence-electron chi connectivity index (χ4n) is 3.79. The van der Waals surface area contributed by atoms with Crippen LogP contribution in [-0.4, -0.2) is 92.2 Å². The number of nitrogens with two attached hydrogens (primary N) is 1. The van der Waals surface area contributed by atoms with Crippen molar-refractivity contribution in [1.82, 2.24) is 20.9 Å². The second-order valence-electron chi connectivity index (χ2n) is 9.07. The van der Waals surface area contributed by atoms with E-state index in [0.717, 1.165) is 10.9 Å². The summed E-state index contributed by atoms with van der Waals surface area (Å²) < 4.78 is 0. The minimum atomic E-state index is -1.39. The number of carbonyl (C=O) groups excluding carboxylic acids is 3. The average Bonchev–Trinajstić information content (AvgIpc) is 3.30. The molecule has 13 nitrogen and oxygen atoms in total. The van der Waals surface area contributed by atoms with E-state index < -0.39 is 66.4 Å². The number of rotatable bonds is 16. The van der Waals surface area contributed by atoms with Gasteiger partial charge in [0.25, 0.3) is 0 Å². The number of thioether (sulfide) groups is 1. The van der Waals surface area contributed by atoms with Gasteiger partial charge in [-0.15, -0.1) is 0 Å². The summed E-state index contributed by atoms with van der Waals surface area (Å²) in [5.74, 6) is -4.47. The smallest absolute Gasteiger partial charge is 0.326 e. The maximum absolute atomic E-state index is 13.3. The highest BCUT2D eigenvalue weighted by Gasteiger charge is 2.31. The van der Waals surface area contributed by atoms with E-state index >= 15 is 0 Å². The molecular weight excluding hydrogens is 530 g/mol. The molecule has 2 rings (SSSR count). The number of aromatic amines is 1. The van der Waals surface area contributed by atoms with Crippen molar-refractivity contribution in [2.24, 2.45) is 5.73 Å². The number of aromatic nitrogens is 1. The Morgan fingerprint density at radius 3 is 2.18 bits per heavy atom. The van der Waals surface area contributed by atoms with Crippen molar-refractivity contribution >= 4 is 52.3 Å². The van der Waals surface area contributed by atoms with Gasteiger partial charge in [-0.2, -0.15) is 11.8 Å². The highest BCUT2D eigenvalue weighted by atomic mass is 32.2. The molecule has 1 heterocycles. The molecule has 214 valence electrons. The number of nitrogens with one attached hydrogen (secondary N) is 4. The lowest BCUT2D eigenvalue weighted by Crippen LogP contribution is -2.58. The molecular formula is C25H35N5O8S. The molecule has 0 radical (unpaired) electrons. The minimum Gasteiger partial charge on any atom is -0.481 e. The molecule has 39 heavy (non-hydrogen) atoms. The Balaban J connectivity index is 2.33. The number of aliphatic carboxylic acids is 2. The third-order valence-corrected chi connectivity index (χ3v) is 6.70. The summed E-state index contributed by atoms with van der Waals surface area (Å²) >= 11 is 1.42. The lowest BCUT2D eigenvalue weighted by molar-refractivity contribution is -0.142. The van der Waals surface area contributed by atoms with E-state index in [1.54, 1.807) is 18.5 Å². The number of benzene rings is 1. The first-order valence-electron chi connectivity index (χ1n) is 12.3. The predicted molar refractivity (Wildman–Crippen MR) is 145 cm³/mol. The molecule has 3 amide bonds. The van der Waals surface area contributed by atoms with Crippen LogP contribution in [0.3, 0.4) is 0 Å². The molecule has 0 bridgehead atoms. The van der Waals surface area contributed by atoms with Gasteiger partial charge in [0, 0.05) is 29.9 Å². The number of fused-ring (bicyclic) bond motifs is 1. The van der Waals surface area contributed by atoms with E-state index in [9.17, 15) is 34.2 Å². The van der Waals surface area contributed by atoms with Crippen LogP contribution >= 0.6 is 11.8 Å². The van der Waals surface area contributed by atoms with Crippen molar-refractivity contribution in [3.05, 3.63) is 36.0 Å². The van der Waals surface area contributed by atoms with Crippen LogP contribution in [0.2, 0.25) is 0 Å². The predicted octanol–water partition coefficient (Wildman–Crippen LogP) is -0.425. The quantitative estimate of drug-likeness (QED) is 0.131. The number of carboxylic acid groups (broad SMARTS) is 2. The molecule has 1 aromatic carbocycles. The van der Waals surface area contributed by atoms with E-state index in [2.05, 4.69) is 20.9 Å². The van der Waals surface area contributed by atoms with Gasteiger partial charge in [-0.1, -0.05) is 18.2 Å². The van der Waals surface area contributed by atoms with E-state index in [1.165, 1.54) is 18.7 Å². The first kappa shape index (κ1) is 31.6. The number of para-hydroxylation sites is 1. The molecule has 2 aromatic rings. The topological polar surface area (TPSA) is 224 Å². The zero-order chi connectivity index (χ0) is 29.1. The zero-order valence-corrected chi connectivity index (χ0v) is 22.5. The van der Waals surface area contributed by atoms with Crippen LogP contribution in [-0.2, 0) is 30.4 Å². The minimum absolute atomic E-state index is 0.0246. The standard InChI is InChI=1S/C25H35N5O8S/c1-13(31)21(26)24(36)28-17(7-8-20(32)33)22(34)30-19(23(35)29-18(25(37)38)9-10-39-2)11-14-12-27-16-6-4-3-5-15(14)16/h3-6,12-13,17-19,21,27,31H,7-11,26H2,1-2H3,(H,28,36)(H,29,35)(H,30,34)(H,32,33)(H,37,38). The Kier molecular flexibility index (Phi) is 12.2. The summed E-state index contributed by atoms with van der Waals surface area (Å²) in [5, 5.41) is 36.4. The second-order valence-corrected chi connectivity index (χ2v) is 10.1. The summed E-state index contributed by atoms with van der Waals surface area (Å²) in [6.45, 7) is 1.29. The second kappa shape index (κ2) is 15.1. The molecule has 5 atom stereocenters. The molecule has 0 aliphatic rings. The summed E-state index contributed by atoms with van der Waals surface area (Å²) in [6.07, 6.45) is 1.58. The average molecular weight is 566 g/mol. The summed E-state index contributed by atoms with van der Waals surface area (Å²) in [6, 6.07) is 2.07. The Morgan fingerprint density at radius 1 is 0.949 bits per heavy atom. The van der Waals surface area contributed by atoms with Crippen LogP contribution in [0.5, 0.6) is 0 Å². The fourth-order valence-corrected chi connectivity index (χ4v) is 4.26. The third kappa shape index (κ3) is 9.57. The number of hydrogen-bond acceptors (Lipinski definition) is 8. The number of aliphatic hydroxyl groups excluding tert-OH is 1. The summed E-state index contributed by atoms with van der Waals surface area (Å²) in [5.41, 5.74) is 7.11. The number of carbonyl (C=O) groups is 5. The Hall–Kier alpha value is -3.62. The van der Waals surface area contributed by atoms with Crippen LogP contribution in [0.15, 0.2) is 30.5 Å². The molecule has 0 aliphatic heterocycles. The van der Waals surface area contributed by atoms with Gasteiger partial charge in [0.2, 0.25) is 17.7 Å². The zero-order valence-electron chi connectivity index (χ0n) is 21.7. The molecule has 0 fully saturated rings. The van der Waals surface area contributed by atoms with E-state index in [-0.39, 0.29) is 19.3 Å². The molecule has 9 N–H and O–H groups in total. The monoisotopic (exact) mass is 565 g/mol. The first-order valence-corrected chi connectivity index (χ1v) is 13.7. The van der Waals surface area contributed by atoms with Gasteiger partial charge in [-0.05, 0) is 43.4 Å². The van der Waals surface area contributed by atoms with Crippen molar-refractivity contribution in [2.75, 3.05) is 12.0 Å².